The molecule has 2 heterocycles. The predicted molar refractivity (Wildman–Crippen MR) is 64.8 cm³/mol. The lowest BCUT2D eigenvalue weighted by Crippen LogP contribution is -2.20. The first-order valence-electron chi connectivity index (χ1n) is 5.83. The SMILES string of the molecule is Cc1ccoc1-c1nc(C(N)COC(C)C)no1. The van der Waals surface area contributed by atoms with E-state index in [0.717, 1.165) is 5.56 Å². The zero-order valence-electron chi connectivity index (χ0n) is 10.7. The molecule has 6 nitrogen and oxygen atoms in total. The second-order valence-electron chi connectivity index (χ2n) is 4.38. The van der Waals surface area contributed by atoms with E-state index < -0.39 is 6.04 Å². The summed E-state index contributed by atoms with van der Waals surface area (Å²) in [7, 11) is 0. The first-order chi connectivity index (χ1) is 8.58. The summed E-state index contributed by atoms with van der Waals surface area (Å²) in [5.74, 6) is 1.33. The second kappa shape index (κ2) is 5.32. The van der Waals surface area contributed by atoms with Gasteiger partial charge in [0.25, 0.3) is 5.89 Å². The summed E-state index contributed by atoms with van der Waals surface area (Å²) in [5, 5.41) is 3.84. The minimum Gasteiger partial charge on any atom is -0.459 e. The second-order valence-corrected chi connectivity index (χ2v) is 4.38. The average molecular weight is 251 g/mol. The van der Waals surface area contributed by atoms with Gasteiger partial charge in [0.1, 0.15) is 0 Å². The van der Waals surface area contributed by atoms with Crippen LogP contribution in [-0.4, -0.2) is 22.9 Å². The van der Waals surface area contributed by atoms with E-state index in [9.17, 15) is 0 Å². The van der Waals surface area contributed by atoms with Crippen LogP contribution in [0.25, 0.3) is 11.7 Å². The van der Waals surface area contributed by atoms with E-state index in [4.69, 9.17) is 19.4 Å². The Bertz CT molecular complexity index is 504. The Morgan fingerprint density at radius 1 is 1.44 bits per heavy atom. The van der Waals surface area contributed by atoms with E-state index in [2.05, 4.69) is 10.1 Å². The summed E-state index contributed by atoms with van der Waals surface area (Å²) in [5.41, 5.74) is 6.85. The molecule has 1 unspecified atom stereocenters. The van der Waals surface area contributed by atoms with E-state index in [1.807, 2.05) is 26.8 Å². The number of nitrogens with zero attached hydrogens (tertiary/aromatic N) is 2. The normalized spacial score (nSPS) is 13.2. The fourth-order valence-corrected chi connectivity index (χ4v) is 1.44. The average Bonchev–Trinajstić information content (AvgIpc) is 2.93. The molecule has 0 radical (unpaired) electrons. The number of aryl methyl sites for hydroxylation is 1. The zero-order valence-corrected chi connectivity index (χ0v) is 10.7. The molecule has 0 fully saturated rings. The molecule has 2 aromatic rings. The van der Waals surface area contributed by atoms with Gasteiger partial charge in [0.15, 0.2) is 11.6 Å². The number of nitrogens with two attached hydrogens (primary N) is 1. The molecule has 0 aliphatic carbocycles. The summed E-state index contributed by atoms with van der Waals surface area (Å²) >= 11 is 0. The van der Waals surface area contributed by atoms with Crippen LogP contribution in [0.1, 0.15) is 31.3 Å². The maximum Gasteiger partial charge on any atom is 0.293 e. The number of aromatic nitrogens is 2. The van der Waals surface area contributed by atoms with Crippen LogP contribution < -0.4 is 5.73 Å². The molecular formula is C12H17N3O3. The molecule has 0 aromatic carbocycles. The predicted octanol–water partition coefficient (Wildman–Crippen LogP) is 2.06. The summed E-state index contributed by atoms with van der Waals surface area (Å²) in [6.07, 6.45) is 1.70. The van der Waals surface area contributed by atoms with Crippen LogP contribution in [0.4, 0.5) is 0 Å². The summed E-state index contributed by atoms with van der Waals surface area (Å²) < 4.78 is 15.8. The first-order valence-corrected chi connectivity index (χ1v) is 5.83. The van der Waals surface area contributed by atoms with Crippen molar-refractivity contribution in [3.8, 4) is 11.7 Å². The van der Waals surface area contributed by atoms with Crippen LogP contribution >= 0.6 is 0 Å². The van der Waals surface area contributed by atoms with Gasteiger partial charge in [-0.2, -0.15) is 4.98 Å². The molecule has 0 aliphatic heterocycles. The van der Waals surface area contributed by atoms with Gasteiger partial charge in [-0.15, -0.1) is 0 Å². The van der Waals surface area contributed by atoms with E-state index in [-0.39, 0.29) is 6.10 Å². The number of hydrogen-bond acceptors (Lipinski definition) is 6. The number of furan rings is 1. The molecule has 98 valence electrons. The van der Waals surface area contributed by atoms with Gasteiger partial charge in [0, 0.05) is 5.56 Å². The molecule has 0 amide bonds. The van der Waals surface area contributed by atoms with Gasteiger partial charge in [0.05, 0.1) is 25.0 Å². The molecule has 0 aliphatic rings. The minimum absolute atomic E-state index is 0.120. The van der Waals surface area contributed by atoms with Crippen molar-refractivity contribution >= 4 is 0 Å². The van der Waals surface area contributed by atoms with Crippen LogP contribution in [0, 0.1) is 6.92 Å². The van der Waals surface area contributed by atoms with Crippen molar-refractivity contribution in [3.63, 3.8) is 0 Å². The maximum atomic E-state index is 5.91. The van der Waals surface area contributed by atoms with Gasteiger partial charge >= 0.3 is 0 Å². The highest BCUT2D eigenvalue weighted by atomic mass is 16.5. The van der Waals surface area contributed by atoms with Crippen molar-refractivity contribution in [1.29, 1.82) is 0 Å². The quantitative estimate of drug-likeness (QED) is 0.875. The highest BCUT2D eigenvalue weighted by Gasteiger charge is 2.18. The lowest BCUT2D eigenvalue weighted by molar-refractivity contribution is 0.0665. The topological polar surface area (TPSA) is 87.3 Å². The van der Waals surface area contributed by atoms with Crippen molar-refractivity contribution in [3.05, 3.63) is 23.7 Å². The van der Waals surface area contributed by atoms with Crippen molar-refractivity contribution in [2.24, 2.45) is 5.73 Å². The zero-order chi connectivity index (χ0) is 13.1. The maximum absolute atomic E-state index is 5.91. The van der Waals surface area contributed by atoms with Gasteiger partial charge in [-0.1, -0.05) is 5.16 Å². The molecule has 6 heteroatoms. The standard InChI is InChI=1S/C12H17N3O3/c1-7(2)17-6-9(13)11-14-12(18-15-11)10-8(3)4-5-16-10/h4-5,7,9H,6,13H2,1-3H3. The van der Waals surface area contributed by atoms with Crippen molar-refractivity contribution in [2.45, 2.75) is 32.9 Å². The van der Waals surface area contributed by atoms with Crippen LogP contribution in [-0.2, 0) is 4.74 Å². The Balaban J connectivity index is 2.08. The molecule has 18 heavy (non-hydrogen) atoms. The summed E-state index contributed by atoms with van der Waals surface area (Å²) in [4.78, 5) is 4.21. The molecule has 2 rings (SSSR count). The number of ether oxygens (including phenoxy) is 1. The fourth-order valence-electron chi connectivity index (χ4n) is 1.44. The Morgan fingerprint density at radius 3 is 2.83 bits per heavy atom. The molecular weight excluding hydrogens is 234 g/mol. The molecule has 0 spiro atoms. The van der Waals surface area contributed by atoms with Crippen LogP contribution in [0.2, 0.25) is 0 Å². The first kappa shape index (κ1) is 12.8. The van der Waals surface area contributed by atoms with Gasteiger partial charge in [-0.3, -0.25) is 0 Å². The molecule has 2 aromatic heterocycles. The monoisotopic (exact) mass is 251 g/mol. The van der Waals surface area contributed by atoms with Crippen LogP contribution in [0.5, 0.6) is 0 Å². The smallest absolute Gasteiger partial charge is 0.293 e. The van der Waals surface area contributed by atoms with Gasteiger partial charge < -0.3 is 19.4 Å². The summed E-state index contributed by atoms with van der Waals surface area (Å²) in [6, 6.07) is 1.43. The largest absolute Gasteiger partial charge is 0.459 e. The van der Waals surface area contributed by atoms with Crippen molar-refractivity contribution < 1.29 is 13.7 Å². The lowest BCUT2D eigenvalue weighted by Gasteiger charge is -2.10. The molecule has 0 saturated carbocycles. The Morgan fingerprint density at radius 2 is 2.22 bits per heavy atom. The van der Waals surface area contributed by atoms with Crippen molar-refractivity contribution in [1.82, 2.24) is 10.1 Å². The Labute approximate surface area is 105 Å². The van der Waals surface area contributed by atoms with Gasteiger partial charge in [-0.25, -0.2) is 0 Å². The third-order valence-electron chi connectivity index (χ3n) is 2.44. The van der Waals surface area contributed by atoms with E-state index in [1.54, 1.807) is 6.26 Å². The highest BCUT2D eigenvalue weighted by Crippen LogP contribution is 2.23. The third-order valence-corrected chi connectivity index (χ3v) is 2.44. The van der Waals surface area contributed by atoms with E-state index >= 15 is 0 Å². The lowest BCUT2D eigenvalue weighted by atomic mass is 10.3. The van der Waals surface area contributed by atoms with E-state index in [0.29, 0.717) is 24.1 Å². The Hall–Kier alpha value is -1.66. The Kier molecular flexibility index (Phi) is 3.78. The molecule has 0 saturated heterocycles. The number of rotatable bonds is 5. The third kappa shape index (κ3) is 2.77. The summed E-state index contributed by atoms with van der Waals surface area (Å²) in [6.45, 7) is 6.15. The minimum atomic E-state index is -0.403. The van der Waals surface area contributed by atoms with Crippen LogP contribution in [0.3, 0.4) is 0 Å². The van der Waals surface area contributed by atoms with E-state index in [1.165, 1.54) is 0 Å². The highest BCUT2D eigenvalue weighted by molar-refractivity contribution is 5.49. The van der Waals surface area contributed by atoms with Crippen LogP contribution in [0.15, 0.2) is 21.3 Å². The molecule has 1 atom stereocenters. The fraction of sp³-hybridized carbons (Fsp3) is 0.500. The van der Waals surface area contributed by atoms with Gasteiger partial charge in [0.2, 0.25) is 0 Å². The van der Waals surface area contributed by atoms with Gasteiger partial charge in [-0.05, 0) is 26.8 Å². The number of hydrogen-bond donors (Lipinski definition) is 1. The molecule has 2 N–H and O–H groups in total. The van der Waals surface area contributed by atoms with Crippen molar-refractivity contribution in [2.75, 3.05) is 6.61 Å². The molecule has 0 bridgehead atoms.